The first kappa shape index (κ1) is 19.5. The number of benzene rings is 1. The Bertz CT molecular complexity index is 843. The van der Waals surface area contributed by atoms with Gasteiger partial charge in [0.15, 0.2) is 12.4 Å². The Morgan fingerprint density at radius 2 is 2.12 bits per heavy atom. The van der Waals surface area contributed by atoms with Gasteiger partial charge in [0.1, 0.15) is 10.4 Å². The third kappa shape index (κ3) is 4.85. The van der Waals surface area contributed by atoms with E-state index in [4.69, 9.17) is 21.4 Å². The van der Waals surface area contributed by atoms with Gasteiger partial charge in [-0.1, -0.05) is 11.6 Å². The van der Waals surface area contributed by atoms with Gasteiger partial charge in [-0.3, -0.25) is 9.32 Å². The molecule has 8 nitrogen and oxygen atoms in total. The van der Waals surface area contributed by atoms with Crippen LogP contribution in [0.2, 0.25) is 5.02 Å². The molecule has 0 unspecified atom stereocenters. The smallest absolute Gasteiger partial charge is 0.319 e. The number of halogens is 4. The standard InChI is InChI=1S/C11H8Br2ClFN3O5P/c12-8-9(17-18(10(8)13)4-23-24(20,21)22)11(19)16-7-2-1-5(15)3-6(7)14/h1-3H,4H2,(H,16,19)(H2,20,21,22). The van der Waals surface area contributed by atoms with Crippen molar-refractivity contribution >= 4 is 62.9 Å². The summed E-state index contributed by atoms with van der Waals surface area (Å²) in [7, 11) is -4.70. The maximum Gasteiger partial charge on any atom is 0.471 e. The summed E-state index contributed by atoms with van der Waals surface area (Å²) in [5, 5.41) is 6.33. The van der Waals surface area contributed by atoms with Gasteiger partial charge in [0.05, 0.1) is 15.2 Å². The third-order valence-corrected chi connectivity index (χ3v) is 5.43. The van der Waals surface area contributed by atoms with Crippen molar-refractivity contribution in [2.24, 2.45) is 0 Å². The van der Waals surface area contributed by atoms with Crippen LogP contribution in [0.25, 0.3) is 0 Å². The lowest BCUT2D eigenvalue weighted by Crippen LogP contribution is -2.14. The SMILES string of the molecule is O=C(Nc1ccc(F)cc1Cl)c1nn(COP(=O)(O)O)c(Br)c1Br. The number of hydrogen-bond donors (Lipinski definition) is 3. The number of rotatable bonds is 5. The summed E-state index contributed by atoms with van der Waals surface area (Å²) in [5.41, 5.74) is 0.0729. The van der Waals surface area contributed by atoms with Crippen LogP contribution >= 0.6 is 51.3 Å². The normalized spacial score (nSPS) is 11.6. The molecule has 24 heavy (non-hydrogen) atoms. The zero-order valence-corrected chi connectivity index (χ0v) is 16.2. The van der Waals surface area contributed by atoms with E-state index in [0.717, 1.165) is 16.8 Å². The van der Waals surface area contributed by atoms with E-state index in [-0.39, 0.29) is 25.5 Å². The number of phosphoric acid groups is 1. The van der Waals surface area contributed by atoms with Gasteiger partial charge < -0.3 is 15.1 Å². The molecular weight excluding hydrogens is 499 g/mol. The molecule has 0 spiro atoms. The molecule has 0 atom stereocenters. The van der Waals surface area contributed by atoms with Crippen LogP contribution in [0.1, 0.15) is 10.5 Å². The van der Waals surface area contributed by atoms with Crippen LogP contribution in [-0.4, -0.2) is 25.5 Å². The fourth-order valence-electron chi connectivity index (χ4n) is 1.55. The second-order valence-corrected chi connectivity index (χ2v) is 7.47. The molecule has 0 bridgehead atoms. The number of aromatic nitrogens is 2. The molecule has 2 aromatic rings. The topological polar surface area (TPSA) is 114 Å². The number of hydrogen-bond acceptors (Lipinski definition) is 4. The molecule has 2 rings (SSSR count). The van der Waals surface area contributed by atoms with Gasteiger partial charge in [0.25, 0.3) is 5.91 Å². The van der Waals surface area contributed by atoms with Crippen LogP contribution in [0.3, 0.4) is 0 Å². The Morgan fingerprint density at radius 3 is 2.71 bits per heavy atom. The third-order valence-electron chi connectivity index (χ3n) is 2.58. The second kappa shape index (κ2) is 7.61. The molecule has 0 aliphatic carbocycles. The van der Waals surface area contributed by atoms with E-state index in [9.17, 15) is 13.8 Å². The van der Waals surface area contributed by atoms with Gasteiger partial charge in [0, 0.05) is 0 Å². The minimum absolute atomic E-state index is 0.00260. The van der Waals surface area contributed by atoms with Crippen LogP contribution in [0, 0.1) is 5.82 Å². The van der Waals surface area contributed by atoms with Crippen molar-refractivity contribution in [1.82, 2.24) is 9.78 Å². The Morgan fingerprint density at radius 1 is 1.46 bits per heavy atom. The zero-order chi connectivity index (χ0) is 18.1. The molecule has 1 aromatic heterocycles. The monoisotopic (exact) mass is 505 g/mol. The molecule has 1 heterocycles. The quantitative estimate of drug-likeness (QED) is 0.534. The van der Waals surface area contributed by atoms with Crippen LogP contribution in [-0.2, 0) is 15.8 Å². The molecule has 0 saturated carbocycles. The lowest BCUT2D eigenvalue weighted by Gasteiger charge is -2.06. The van der Waals surface area contributed by atoms with Crippen molar-refractivity contribution in [2.75, 3.05) is 5.32 Å². The molecule has 0 fully saturated rings. The number of amides is 1. The molecule has 130 valence electrons. The number of phosphoric ester groups is 1. The van der Waals surface area contributed by atoms with Gasteiger partial charge in [0.2, 0.25) is 0 Å². The average Bonchev–Trinajstić information content (AvgIpc) is 2.75. The Kier molecular flexibility index (Phi) is 6.19. The summed E-state index contributed by atoms with van der Waals surface area (Å²) in [6.45, 7) is -0.589. The average molecular weight is 507 g/mol. The Balaban J connectivity index is 2.22. The van der Waals surface area contributed by atoms with E-state index >= 15 is 0 Å². The lowest BCUT2D eigenvalue weighted by atomic mass is 10.3. The summed E-state index contributed by atoms with van der Waals surface area (Å²) < 4.78 is 29.5. The zero-order valence-electron chi connectivity index (χ0n) is 11.4. The summed E-state index contributed by atoms with van der Waals surface area (Å²) >= 11 is 12.1. The number of nitrogens with zero attached hydrogens (tertiary/aromatic N) is 2. The minimum Gasteiger partial charge on any atom is -0.319 e. The Hall–Kier alpha value is -0.810. The highest BCUT2D eigenvalue weighted by atomic mass is 79.9. The molecule has 0 radical (unpaired) electrons. The molecule has 0 aliphatic rings. The highest BCUT2D eigenvalue weighted by Gasteiger charge is 2.23. The molecule has 1 aromatic carbocycles. The van der Waals surface area contributed by atoms with Gasteiger partial charge in [-0.05, 0) is 50.1 Å². The van der Waals surface area contributed by atoms with E-state index in [1.54, 1.807) is 0 Å². The number of anilines is 1. The van der Waals surface area contributed by atoms with Crippen LogP contribution < -0.4 is 5.32 Å². The number of carbonyl (C=O) groups excluding carboxylic acids is 1. The van der Waals surface area contributed by atoms with E-state index in [1.807, 2.05) is 0 Å². The largest absolute Gasteiger partial charge is 0.471 e. The summed E-state index contributed by atoms with van der Waals surface area (Å²) in [4.78, 5) is 29.7. The van der Waals surface area contributed by atoms with E-state index in [1.165, 1.54) is 6.07 Å². The summed E-state index contributed by atoms with van der Waals surface area (Å²) in [6.07, 6.45) is 0. The minimum atomic E-state index is -4.70. The highest BCUT2D eigenvalue weighted by molar-refractivity contribution is 9.13. The van der Waals surface area contributed by atoms with Crippen molar-refractivity contribution in [1.29, 1.82) is 0 Å². The van der Waals surface area contributed by atoms with Gasteiger partial charge in [-0.25, -0.2) is 13.6 Å². The first-order chi connectivity index (χ1) is 11.1. The highest BCUT2D eigenvalue weighted by Crippen LogP contribution is 2.37. The van der Waals surface area contributed by atoms with Crippen molar-refractivity contribution in [3.8, 4) is 0 Å². The first-order valence-electron chi connectivity index (χ1n) is 5.97. The van der Waals surface area contributed by atoms with Crippen molar-refractivity contribution < 1.29 is 28.1 Å². The predicted molar refractivity (Wildman–Crippen MR) is 90.1 cm³/mol. The molecule has 3 N–H and O–H groups in total. The van der Waals surface area contributed by atoms with Crippen LogP contribution in [0.15, 0.2) is 27.3 Å². The van der Waals surface area contributed by atoms with Crippen LogP contribution in [0.5, 0.6) is 0 Å². The van der Waals surface area contributed by atoms with Crippen molar-refractivity contribution in [2.45, 2.75) is 6.73 Å². The Labute approximate surface area is 156 Å². The van der Waals surface area contributed by atoms with E-state index < -0.39 is 26.3 Å². The molecule has 0 saturated heterocycles. The lowest BCUT2D eigenvalue weighted by molar-refractivity contribution is 0.101. The van der Waals surface area contributed by atoms with Crippen LogP contribution in [0.4, 0.5) is 10.1 Å². The maximum absolute atomic E-state index is 13.0. The number of carbonyl (C=O) groups is 1. The summed E-state index contributed by atoms with van der Waals surface area (Å²) in [6, 6.07) is 3.44. The predicted octanol–water partition coefficient (Wildman–Crippen LogP) is 3.52. The number of nitrogens with one attached hydrogen (secondary N) is 1. The van der Waals surface area contributed by atoms with Crippen molar-refractivity contribution in [3.63, 3.8) is 0 Å². The van der Waals surface area contributed by atoms with Crippen molar-refractivity contribution in [3.05, 3.63) is 43.8 Å². The van der Waals surface area contributed by atoms with E-state index in [0.29, 0.717) is 0 Å². The van der Waals surface area contributed by atoms with Gasteiger partial charge >= 0.3 is 7.82 Å². The van der Waals surface area contributed by atoms with Gasteiger partial charge in [-0.2, -0.15) is 5.10 Å². The fraction of sp³-hybridized carbons (Fsp3) is 0.0909. The molecular formula is C11H8Br2ClFN3O5P. The molecule has 1 amide bonds. The summed E-state index contributed by atoms with van der Waals surface area (Å²) in [5.74, 6) is -1.23. The van der Waals surface area contributed by atoms with E-state index in [2.05, 4.69) is 46.8 Å². The molecule has 13 heteroatoms. The first-order valence-corrected chi connectivity index (χ1v) is 9.46. The maximum atomic E-state index is 13.0. The fourth-order valence-corrected chi connectivity index (χ4v) is 2.86. The molecule has 0 aliphatic heterocycles. The van der Waals surface area contributed by atoms with Gasteiger partial charge in [-0.15, -0.1) is 0 Å². The second-order valence-electron chi connectivity index (χ2n) is 4.28.